The molecule has 0 aromatic rings. The molecule has 35 heavy (non-hydrogen) atoms. The molecule has 0 aliphatic carbocycles. The fourth-order valence-electron chi connectivity index (χ4n) is 4.05. The van der Waals surface area contributed by atoms with E-state index in [0.717, 1.165) is 57.8 Å². The largest absolute Gasteiger partial charge is 0.393 e. The van der Waals surface area contributed by atoms with E-state index in [0.29, 0.717) is 12.8 Å². The first-order valence-electron chi connectivity index (χ1n) is 14.9. The molecule has 3 heteroatoms. The molecule has 0 amide bonds. The number of hydrogen-bond acceptors (Lipinski definition) is 3. The predicted octanol–water partition coefficient (Wildman–Crippen LogP) is 10.3. The smallest absolute Gasteiger partial charge is 0.313 e. The fourth-order valence-corrected chi connectivity index (χ4v) is 4.05. The zero-order valence-electron chi connectivity index (χ0n) is 23.2. The molecule has 0 fully saturated rings. The molecule has 0 heterocycles. The van der Waals surface area contributed by atoms with E-state index >= 15 is 0 Å². The highest BCUT2D eigenvalue weighted by Crippen LogP contribution is 2.13. The van der Waals surface area contributed by atoms with Crippen LogP contribution in [0, 0.1) is 0 Å². The average molecular weight is 489 g/mol. The van der Waals surface area contributed by atoms with Crippen LogP contribution in [0.25, 0.3) is 0 Å². The maximum Gasteiger partial charge on any atom is 0.313 e. The molecule has 0 rings (SSSR count). The lowest BCUT2D eigenvalue weighted by atomic mass is 10.1. The van der Waals surface area contributed by atoms with Crippen molar-refractivity contribution >= 4 is 11.9 Å². The van der Waals surface area contributed by atoms with E-state index in [-0.39, 0.29) is 11.9 Å². The number of rotatable bonds is 25. The summed E-state index contributed by atoms with van der Waals surface area (Å²) in [6, 6.07) is 0. The summed E-state index contributed by atoms with van der Waals surface area (Å²) in [5, 5.41) is 0. The molecule has 202 valence electrons. The van der Waals surface area contributed by atoms with Gasteiger partial charge in [0.05, 0.1) is 0 Å². The van der Waals surface area contributed by atoms with Gasteiger partial charge in [-0.25, -0.2) is 0 Å². The summed E-state index contributed by atoms with van der Waals surface area (Å²) >= 11 is 0. The van der Waals surface area contributed by atoms with Gasteiger partial charge in [0.1, 0.15) is 0 Å². The summed E-state index contributed by atoms with van der Waals surface area (Å²) < 4.78 is 4.97. The minimum atomic E-state index is -0.348. The van der Waals surface area contributed by atoms with Gasteiger partial charge in [-0.1, -0.05) is 134 Å². The third-order valence-corrected chi connectivity index (χ3v) is 6.24. The highest BCUT2D eigenvalue weighted by molar-refractivity contribution is 5.85. The Balaban J connectivity index is 3.40. The second kappa shape index (κ2) is 28.6. The van der Waals surface area contributed by atoms with Crippen molar-refractivity contribution in [2.45, 2.75) is 155 Å². The molecular weight excluding hydrogens is 432 g/mol. The average Bonchev–Trinajstić information content (AvgIpc) is 2.85. The zero-order chi connectivity index (χ0) is 25.7. The molecule has 0 spiro atoms. The van der Waals surface area contributed by atoms with Crippen LogP contribution in [0.15, 0.2) is 36.5 Å². The van der Waals surface area contributed by atoms with E-state index in [9.17, 15) is 9.59 Å². The van der Waals surface area contributed by atoms with Gasteiger partial charge in [-0.3, -0.25) is 9.59 Å². The summed E-state index contributed by atoms with van der Waals surface area (Å²) in [5.74, 6) is -0.691. The van der Waals surface area contributed by atoms with Crippen LogP contribution < -0.4 is 0 Å². The van der Waals surface area contributed by atoms with Crippen molar-refractivity contribution in [2.24, 2.45) is 0 Å². The minimum absolute atomic E-state index is 0.343. The van der Waals surface area contributed by atoms with Crippen LogP contribution in [-0.4, -0.2) is 11.9 Å². The Labute approximate surface area is 217 Å². The van der Waals surface area contributed by atoms with Gasteiger partial charge in [-0.2, -0.15) is 0 Å². The second-order valence-electron chi connectivity index (χ2n) is 9.73. The highest BCUT2D eigenvalue weighted by Gasteiger charge is 2.09. The maximum absolute atomic E-state index is 11.8. The Morgan fingerprint density at radius 1 is 0.486 bits per heavy atom. The van der Waals surface area contributed by atoms with Gasteiger partial charge < -0.3 is 4.74 Å². The Bertz CT molecular complexity index is 559. The van der Waals surface area contributed by atoms with Crippen LogP contribution >= 0.6 is 0 Å². The molecule has 0 radical (unpaired) electrons. The number of carbonyl (C=O) groups is 2. The van der Waals surface area contributed by atoms with Gasteiger partial charge in [0.25, 0.3) is 0 Å². The first-order chi connectivity index (χ1) is 17.2. The third-order valence-electron chi connectivity index (χ3n) is 6.24. The molecule has 0 aromatic heterocycles. The highest BCUT2D eigenvalue weighted by atomic mass is 16.6. The van der Waals surface area contributed by atoms with Crippen molar-refractivity contribution in [3.63, 3.8) is 0 Å². The van der Waals surface area contributed by atoms with E-state index in [4.69, 9.17) is 4.74 Å². The Morgan fingerprint density at radius 2 is 0.886 bits per heavy atom. The minimum Gasteiger partial charge on any atom is -0.393 e. The Morgan fingerprint density at radius 3 is 1.37 bits per heavy atom. The molecule has 0 saturated carbocycles. The van der Waals surface area contributed by atoms with E-state index in [1.165, 1.54) is 70.6 Å². The standard InChI is InChI=1S/C32H56O3/c1-3-5-7-9-11-13-15-16-17-18-20-22-24-26-28-30-32(34)35-31(33)29-27-25-23-21-19-14-12-10-8-6-4-2/h5,7,11,13,16-17H,3-4,6,8-10,12,14-15,18-30H2,1-2H3/b7-5-,13-11-,17-16-. The molecule has 0 aromatic carbocycles. The van der Waals surface area contributed by atoms with Gasteiger partial charge in [0.15, 0.2) is 0 Å². The van der Waals surface area contributed by atoms with Gasteiger partial charge >= 0.3 is 11.9 Å². The number of carbonyl (C=O) groups excluding carboxylic acids is 2. The van der Waals surface area contributed by atoms with E-state index in [1.807, 2.05) is 0 Å². The first-order valence-corrected chi connectivity index (χ1v) is 14.9. The molecule has 0 unspecified atom stereocenters. The second-order valence-corrected chi connectivity index (χ2v) is 9.73. The summed E-state index contributed by atoms with van der Waals surface area (Å²) in [7, 11) is 0. The Hall–Kier alpha value is -1.64. The lowest BCUT2D eigenvalue weighted by molar-refractivity contribution is -0.159. The van der Waals surface area contributed by atoms with E-state index in [2.05, 4.69) is 50.3 Å². The number of allylic oxidation sites excluding steroid dienone is 6. The number of unbranched alkanes of at least 4 members (excludes halogenated alkanes) is 15. The lowest BCUT2D eigenvalue weighted by Crippen LogP contribution is -2.11. The van der Waals surface area contributed by atoms with Crippen LogP contribution in [-0.2, 0) is 14.3 Å². The van der Waals surface area contributed by atoms with E-state index in [1.54, 1.807) is 0 Å². The van der Waals surface area contributed by atoms with Crippen LogP contribution in [0.5, 0.6) is 0 Å². The number of ether oxygens (including phenoxy) is 1. The molecule has 0 aliphatic rings. The SMILES string of the molecule is CC/C=C\C/C=C\C/C=C\CCCCCCCC(=O)OC(=O)CCCCCCCCCCCCC. The molecular formula is C32H56O3. The number of esters is 2. The first kappa shape index (κ1) is 33.4. The molecule has 0 bridgehead atoms. The monoisotopic (exact) mass is 488 g/mol. The quantitative estimate of drug-likeness (QED) is 0.0555. The van der Waals surface area contributed by atoms with Crippen LogP contribution in [0.3, 0.4) is 0 Å². The lowest BCUT2D eigenvalue weighted by Gasteiger charge is -2.04. The third kappa shape index (κ3) is 28.5. The summed E-state index contributed by atoms with van der Waals surface area (Å²) in [4.78, 5) is 23.6. The van der Waals surface area contributed by atoms with Crippen molar-refractivity contribution in [1.29, 1.82) is 0 Å². The van der Waals surface area contributed by atoms with Crippen LogP contribution in [0.4, 0.5) is 0 Å². The number of hydrogen-bond donors (Lipinski definition) is 0. The maximum atomic E-state index is 11.8. The van der Waals surface area contributed by atoms with Crippen molar-refractivity contribution in [3.05, 3.63) is 36.5 Å². The topological polar surface area (TPSA) is 43.4 Å². The summed E-state index contributed by atoms with van der Waals surface area (Å²) in [6.07, 6.45) is 37.5. The molecule has 0 saturated heterocycles. The van der Waals surface area contributed by atoms with Crippen LogP contribution in [0.2, 0.25) is 0 Å². The van der Waals surface area contributed by atoms with Crippen molar-refractivity contribution in [2.75, 3.05) is 0 Å². The molecule has 3 nitrogen and oxygen atoms in total. The predicted molar refractivity (Wildman–Crippen MR) is 151 cm³/mol. The Kier molecular flexibility index (Phi) is 27.3. The van der Waals surface area contributed by atoms with Crippen molar-refractivity contribution in [1.82, 2.24) is 0 Å². The van der Waals surface area contributed by atoms with Gasteiger partial charge in [-0.15, -0.1) is 0 Å². The summed E-state index contributed by atoms with van der Waals surface area (Å²) in [5.41, 5.74) is 0. The fraction of sp³-hybridized carbons (Fsp3) is 0.750. The molecule has 0 atom stereocenters. The van der Waals surface area contributed by atoms with E-state index < -0.39 is 0 Å². The summed E-state index contributed by atoms with van der Waals surface area (Å²) in [6.45, 7) is 4.41. The molecule has 0 N–H and O–H groups in total. The molecule has 0 aliphatic heterocycles. The van der Waals surface area contributed by atoms with Gasteiger partial charge in [0.2, 0.25) is 0 Å². The van der Waals surface area contributed by atoms with Crippen molar-refractivity contribution < 1.29 is 14.3 Å². The van der Waals surface area contributed by atoms with Crippen LogP contribution in [0.1, 0.15) is 155 Å². The van der Waals surface area contributed by atoms with Crippen molar-refractivity contribution in [3.8, 4) is 0 Å². The van der Waals surface area contributed by atoms with Gasteiger partial charge in [0, 0.05) is 12.8 Å². The normalized spacial score (nSPS) is 11.8. The van der Waals surface area contributed by atoms with Gasteiger partial charge in [-0.05, 0) is 44.9 Å². The zero-order valence-corrected chi connectivity index (χ0v) is 23.2.